The van der Waals surface area contributed by atoms with Crippen LogP contribution in [0.4, 0.5) is 5.82 Å². The summed E-state index contributed by atoms with van der Waals surface area (Å²) in [5.41, 5.74) is 0.377. The Hall–Kier alpha value is -2.63. The summed E-state index contributed by atoms with van der Waals surface area (Å²) in [6.07, 6.45) is 5.30. The highest BCUT2D eigenvalue weighted by Gasteiger charge is 2.22. The number of carbonyl (C=O) groups excluding carboxylic acids is 1. The van der Waals surface area contributed by atoms with Gasteiger partial charge in [0.25, 0.3) is 5.91 Å². The Morgan fingerprint density at radius 3 is 2.91 bits per heavy atom. The van der Waals surface area contributed by atoms with E-state index in [4.69, 9.17) is 0 Å². The van der Waals surface area contributed by atoms with Crippen LogP contribution in [0.25, 0.3) is 0 Å². The number of hydrogen-bond acceptors (Lipinski definition) is 4. The topological polar surface area (TPSA) is 67.2 Å². The second kappa shape index (κ2) is 6.64. The Labute approximate surface area is 134 Å². The first kappa shape index (κ1) is 15.3. The van der Waals surface area contributed by atoms with Gasteiger partial charge in [0.2, 0.25) is 5.56 Å². The van der Waals surface area contributed by atoms with Gasteiger partial charge in [-0.25, -0.2) is 4.98 Å². The van der Waals surface area contributed by atoms with Crippen LogP contribution in [0.2, 0.25) is 0 Å². The molecule has 1 atom stereocenters. The molecule has 2 aromatic heterocycles. The summed E-state index contributed by atoms with van der Waals surface area (Å²) in [6, 6.07) is 8.90. The maximum Gasteiger partial charge on any atom is 0.253 e. The van der Waals surface area contributed by atoms with Gasteiger partial charge in [-0.1, -0.05) is 6.07 Å². The van der Waals surface area contributed by atoms with Crippen molar-refractivity contribution >= 4 is 11.7 Å². The minimum atomic E-state index is -0.145. The molecule has 0 radical (unpaired) electrons. The molecule has 1 amide bonds. The van der Waals surface area contributed by atoms with Crippen molar-refractivity contribution in [3.8, 4) is 0 Å². The number of rotatable bonds is 3. The predicted molar refractivity (Wildman–Crippen MR) is 88.6 cm³/mol. The first-order chi connectivity index (χ1) is 11.1. The van der Waals surface area contributed by atoms with Gasteiger partial charge in [-0.3, -0.25) is 9.59 Å². The van der Waals surface area contributed by atoms with Gasteiger partial charge in [-0.05, 0) is 31.0 Å². The van der Waals surface area contributed by atoms with Gasteiger partial charge in [0, 0.05) is 44.6 Å². The third kappa shape index (κ3) is 3.59. The number of aryl methyl sites for hydroxylation is 1. The van der Waals surface area contributed by atoms with Crippen LogP contribution in [-0.4, -0.2) is 34.6 Å². The molecule has 0 aromatic carbocycles. The first-order valence-electron chi connectivity index (χ1n) is 7.77. The number of carbonyl (C=O) groups is 1. The predicted octanol–water partition coefficient (Wildman–Crippen LogP) is 1.18. The van der Waals surface area contributed by atoms with Crippen LogP contribution in [0.3, 0.4) is 0 Å². The molecule has 1 saturated heterocycles. The molecule has 1 unspecified atom stereocenters. The standard InChI is InChI=1S/C17H20N4O2/c1-20-11-13(7-8-16(20)22)17(23)19-14-5-4-10-21(12-14)15-6-2-3-9-18-15/h2-3,6-9,11,14H,4-5,10,12H2,1H3,(H,19,23). The number of hydrogen-bond donors (Lipinski definition) is 1. The number of nitrogens with one attached hydrogen (secondary N) is 1. The molecule has 23 heavy (non-hydrogen) atoms. The molecule has 1 aliphatic heterocycles. The average Bonchev–Trinajstić information content (AvgIpc) is 2.58. The minimum Gasteiger partial charge on any atom is -0.355 e. The van der Waals surface area contributed by atoms with E-state index < -0.39 is 0 Å². The smallest absolute Gasteiger partial charge is 0.253 e. The number of amides is 1. The SMILES string of the molecule is Cn1cc(C(=O)NC2CCCN(c3ccccn3)C2)ccc1=O. The summed E-state index contributed by atoms with van der Waals surface area (Å²) in [5.74, 6) is 0.794. The fourth-order valence-corrected chi connectivity index (χ4v) is 2.84. The second-order valence-electron chi connectivity index (χ2n) is 5.81. The first-order valence-corrected chi connectivity index (χ1v) is 7.77. The molecule has 120 valence electrons. The van der Waals surface area contributed by atoms with Crippen LogP contribution in [0, 0.1) is 0 Å². The Morgan fingerprint density at radius 2 is 2.17 bits per heavy atom. The molecule has 1 fully saturated rings. The number of aromatic nitrogens is 2. The van der Waals surface area contributed by atoms with Crippen molar-refractivity contribution in [2.45, 2.75) is 18.9 Å². The fourth-order valence-electron chi connectivity index (χ4n) is 2.84. The van der Waals surface area contributed by atoms with E-state index in [0.29, 0.717) is 5.56 Å². The zero-order valence-electron chi connectivity index (χ0n) is 13.1. The molecule has 6 nitrogen and oxygen atoms in total. The van der Waals surface area contributed by atoms with E-state index in [1.807, 2.05) is 18.2 Å². The molecule has 0 aliphatic carbocycles. The number of nitrogens with zero attached hydrogens (tertiary/aromatic N) is 3. The van der Waals surface area contributed by atoms with Crippen molar-refractivity contribution in [2.24, 2.45) is 7.05 Å². The number of pyridine rings is 2. The summed E-state index contributed by atoms with van der Waals surface area (Å²) in [5, 5.41) is 3.06. The molecule has 0 saturated carbocycles. The van der Waals surface area contributed by atoms with Crippen molar-refractivity contribution < 1.29 is 4.79 Å². The Morgan fingerprint density at radius 1 is 1.30 bits per heavy atom. The molecular weight excluding hydrogens is 292 g/mol. The quantitative estimate of drug-likeness (QED) is 0.924. The molecule has 0 spiro atoms. The van der Waals surface area contributed by atoms with Crippen molar-refractivity contribution in [3.05, 3.63) is 58.6 Å². The van der Waals surface area contributed by atoms with Crippen molar-refractivity contribution in [1.29, 1.82) is 0 Å². The van der Waals surface area contributed by atoms with Crippen LogP contribution in [0.1, 0.15) is 23.2 Å². The lowest BCUT2D eigenvalue weighted by Gasteiger charge is -2.34. The molecule has 2 aromatic rings. The van der Waals surface area contributed by atoms with E-state index in [1.54, 1.807) is 25.5 Å². The summed E-state index contributed by atoms with van der Waals surface area (Å²) < 4.78 is 1.41. The fraction of sp³-hybridized carbons (Fsp3) is 0.353. The minimum absolute atomic E-state index is 0.0792. The number of anilines is 1. The third-order valence-corrected chi connectivity index (χ3v) is 4.08. The Bertz CT molecular complexity index is 742. The number of piperidine rings is 1. The van der Waals surface area contributed by atoms with Gasteiger partial charge in [-0.15, -0.1) is 0 Å². The Balaban J connectivity index is 1.66. The lowest BCUT2D eigenvalue weighted by Crippen LogP contribution is -2.48. The summed E-state index contributed by atoms with van der Waals surface area (Å²) in [7, 11) is 1.64. The van der Waals surface area contributed by atoms with Gasteiger partial charge in [0.15, 0.2) is 0 Å². The summed E-state index contributed by atoms with van der Waals surface area (Å²) in [4.78, 5) is 30.3. The van der Waals surface area contributed by atoms with E-state index in [0.717, 1.165) is 31.7 Å². The van der Waals surface area contributed by atoms with E-state index in [2.05, 4.69) is 15.2 Å². The maximum absolute atomic E-state index is 12.4. The molecule has 3 rings (SSSR count). The molecular formula is C17H20N4O2. The van der Waals surface area contributed by atoms with E-state index >= 15 is 0 Å². The van der Waals surface area contributed by atoms with Crippen LogP contribution in [0.15, 0.2) is 47.5 Å². The van der Waals surface area contributed by atoms with Crippen molar-refractivity contribution in [3.63, 3.8) is 0 Å². The van der Waals surface area contributed by atoms with Crippen molar-refractivity contribution in [2.75, 3.05) is 18.0 Å². The van der Waals surface area contributed by atoms with Gasteiger partial charge in [0.05, 0.1) is 5.56 Å². The normalized spacial score (nSPS) is 17.8. The highest BCUT2D eigenvalue weighted by atomic mass is 16.2. The second-order valence-corrected chi connectivity index (χ2v) is 5.81. The largest absolute Gasteiger partial charge is 0.355 e. The van der Waals surface area contributed by atoms with E-state index in [1.165, 1.54) is 10.6 Å². The van der Waals surface area contributed by atoms with Crippen LogP contribution < -0.4 is 15.8 Å². The molecule has 6 heteroatoms. The van der Waals surface area contributed by atoms with Crippen LogP contribution >= 0.6 is 0 Å². The summed E-state index contributed by atoms with van der Waals surface area (Å²) in [6.45, 7) is 1.69. The van der Waals surface area contributed by atoms with Crippen LogP contribution in [0.5, 0.6) is 0 Å². The van der Waals surface area contributed by atoms with E-state index in [-0.39, 0.29) is 17.5 Å². The van der Waals surface area contributed by atoms with Gasteiger partial charge < -0.3 is 14.8 Å². The van der Waals surface area contributed by atoms with Crippen LogP contribution in [-0.2, 0) is 7.05 Å². The summed E-state index contributed by atoms with van der Waals surface area (Å²) >= 11 is 0. The molecule has 1 aliphatic rings. The highest BCUT2D eigenvalue weighted by Crippen LogP contribution is 2.17. The zero-order chi connectivity index (χ0) is 16.2. The van der Waals surface area contributed by atoms with Gasteiger partial charge in [0.1, 0.15) is 5.82 Å². The van der Waals surface area contributed by atoms with Gasteiger partial charge >= 0.3 is 0 Å². The van der Waals surface area contributed by atoms with Crippen molar-refractivity contribution in [1.82, 2.24) is 14.9 Å². The average molecular weight is 312 g/mol. The molecule has 1 N–H and O–H groups in total. The highest BCUT2D eigenvalue weighted by molar-refractivity contribution is 5.94. The Kier molecular flexibility index (Phi) is 4.41. The molecule has 0 bridgehead atoms. The third-order valence-electron chi connectivity index (χ3n) is 4.08. The lowest BCUT2D eigenvalue weighted by molar-refractivity contribution is 0.0932. The molecule has 3 heterocycles. The van der Waals surface area contributed by atoms with E-state index in [9.17, 15) is 9.59 Å². The monoisotopic (exact) mass is 312 g/mol. The lowest BCUT2D eigenvalue weighted by atomic mass is 10.1. The van der Waals surface area contributed by atoms with Gasteiger partial charge in [-0.2, -0.15) is 0 Å². The zero-order valence-corrected chi connectivity index (χ0v) is 13.1. The maximum atomic E-state index is 12.4.